The molecule has 11 nitrogen and oxygen atoms in total. The number of hydroxylamine groups is 1. The van der Waals surface area contributed by atoms with Crippen molar-refractivity contribution in [3.63, 3.8) is 0 Å². The molecule has 1 aliphatic heterocycles. The highest BCUT2D eigenvalue weighted by Crippen LogP contribution is 2.46. The average molecular weight is 625 g/mol. The van der Waals surface area contributed by atoms with Gasteiger partial charge in [0.1, 0.15) is 17.6 Å². The largest absolute Gasteiger partial charge is 0.504 e. The Bertz CT molecular complexity index is 1770. The number of hydrogen-bond donors (Lipinski definition) is 4. The molecule has 1 saturated heterocycles. The number of anilines is 1. The van der Waals surface area contributed by atoms with Crippen molar-refractivity contribution in [1.29, 1.82) is 5.26 Å². The first-order valence-corrected chi connectivity index (χ1v) is 14.5. The third-order valence-corrected chi connectivity index (χ3v) is 7.85. The number of halogens is 1. The fourth-order valence-corrected chi connectivity index (χ4v) is 5.43. The van der Waals surface area contributed by atoms with E-state index in [-0.39, 0.29) is 28.8 Å². The first-order chi connectivity index (χ1) is 22.3. The van der Waals surface area contributed by atoms with Gasteiger partial charge in [-0.2, -0.15) is 5.26 Å². The number of pyridine rings is 2. The minimum Gasteiger partial charge on any atom is -0.504 e. The first-order valence-electron chi connectivity index (χ1n) is 14.5. The predicted octanol–water partition coefficient (Wildman–Crippen LogP) is 4.82. The van der Waals surface area contributed by atoms with Gasteiger partial charge in [0.05, 0.1) is 14.2 Å². The molecule has 4 N–H and O–H groups in total. The van der Waals surface area contributed by atoms with Crippen molar-refractivity contribution < 1.29 is 29.0 Å². The standard InChI is InChI=1S/C34H33FN6O5/c1-45-30-16-28(35)26(15-29(30)42)27-20-39-34(33(46-2)32(27)23-8-9-25(17-36)38-19-23)41-13-11-24(12-14-41)37-18-22-5-3-21(4-6-22)7-10-31(43)40-44/h3-10,15-16,19-20,24,37,42,44H,11-14,18H2,1-2H3,(H,40,43)/b10-7+. The lowest BCUT2D eigenvalue weighted by atomic mass is 9.94. The van der Waals surface area contributed by atoms with E-state index in [4.69, 9.17) is 19.7 Å². The maximum atomic E-state index is 15.4. The summed E-state index contributed by atoms with van der Waals surface area (Å²) in [7, 11) is 2.88. The van der Waals surface area contributed by atoms with Crippen LogP contribution in [0.1, 0.15) is 29.7 Å². The summed E-state index contributed by atoms with van der Waals surface area (Å²) in [4.78, 5) is 22.3. The lowest BCUT2D eigenvalue weighted by Gasteiger charge is -2.34. The van der Waals surface area contributed by atoms with E-state index in [9.17, 15) is 15.2 Å². The highest BCUT2D eigenvalue weighted by Gasteiger charge is 2.27. The molecular formula is C34H33FN6O5. The van der Waals surface area contributed by atoms with Crippen molar-refractivity contribution >= 4 is 17.8 Å². The Morgan fingerprint density at radius 2 is 1.85 bits per heavy atom. The number of aromatic nitrogens is 2. The highest BCUT2D eigenvalue weighted by molar-refractivity contribution is 5.91. The van der Waals surface area contributed by atoms with Gasteiger partial charge in [-0.25, -0.2) is 19.8 Å². The van der Waals surface area contributed by atoms with Crippen LogP contribution in [0.3, 0.4) is 0 Å². The molecule has 12 heteroatoms. The van der Waals surface area contributed by atoms with Crippen LogP contribution in [0.5, 0.6) is 17.2 Å². The van der Waals surface area contributed by atoms with Gasteiger partial charge in [-0.05, 0) is 48.2 Å². The number of aromatic hydroxyl groups is 1. The number of nitrogens with one attached hydrogen (secondary N) is 2. The predicted molar refractivity (Wildman–Crippen MR) is 170 cm³/mol. The number of phenolic OH excluding ortho intramolecular Hbond substituents is 1. The average Bonchev–Trinajstić information content (AvgIpc) is 3.10. The number of carbonyl (C=O) groups excluding carboxylic acids is 1. The van der Waals surface area contributed by atoms with Crippen molar-refractivity contribution in [2.75, 3.05) is 32.2 Å². The third-order valence-electron chi connectivity index (χ3n) is 7.85. The number of ether oxygens (including phenoxy) is 2. The smallest absolute Gasteiger partial charge is 0.267 e. The summed E-state index contributed by atoms with van der Waals surface area (Å²) in [5, 5.41) is 32.0. The van der Waals surface area contributed by atoms with Gasteiger partial charge in [-0.3, -0.25) is 10.0 Å². The number of rotatable bonds is 10. The molecule has 0 bridgehead atoms. The Morgan fingerprint density at radius 3 is 2.48 bits per heavy atom. The van der Waals surface area contributed by atoms with Crippen molar-refractivity contribution in [2.24, 2.45) is 0 Å². The van der Waals surface area contributed by atoms with Gasteiger partial charge in [-0.15, -0.1) is 0 Å². The second-order valence-electron chi connectivity index (χ2n) is 10.6. The monoisotopic (exact) mass is 624 g/mol. The SMILES string of the molecule is COc1cc(F)c(-c2cnc(N3CCC(NCc4ccc(/C=C/C(=O)NO)cc4)CC3)c(OC)c2-c2ccc(C#N)nc2)cc1O. The minimum atomic E-state index is -0.610. The summed E-state index contributed by atoms with van der Waals surface area (Å²) >= 11 is 0. The zero-order valence-electron chi connectivity index (χ0n) is 25.3. The Labute approximate surface area is 265 Å². The maximum absolute atomic E-state index is 15.4. The van der Waals surface area contributed by atoms with Gasteiger partial charge in [0.15, 0.2) is 23.1 Å². The number of methoxy groups -OCH3 is 2. The molecule has 2 aromatic heterocycles. The quantitative estimate of drug-likeness (QED) is 0.110. The molecule has 0 unspecified atom stereocenters. The van der Waals surface area contributed by atoms with Crippen LogP contribution >= 0.6 is 0 Å². The van der Waals surface area contributed by atoms with Crippen LogP contribution in [0, 0.1) is 17.1 Å². The number of amides is 1. The van der Waals surface area contributed by atoms with E-state index in [2.05, 4.69) is 15.2 Å². The normalized spacial score (nSPS) is 13.4. The minimum absolute atomic E-state index is 0.00901. The zero-order chi connectivity index (χ0) is 32.6. The molecule has 0 saturated carbocycles. The van der Waals surface area contributed by atoms with Crippen LogP contribution < -0.4 is 25.2 Å². The van der Waals surface area contributed by atoms with E-state index in [0.717, 1.165) is 30.0 Å². The zero-order valence-corrected chi connectivity index (χ0v) is 25.3. The molecule has 0 aliphatic carbocycles. The van der Waals surface area contributed by atoms with Gasteiger partial charge in [-0.1, -0.05) is 24.3 Å². The highest BCUT2D eigenvalue weighted by atomic mass is 19.1. The molecule has 0 radical (unpaired) electrons. The summed E-state index contributed by atoms with van der Waals surface area (Å²) in [6.45, 7) is 2.07. The molecule has 1 amide bonds. The molecular weight excluding hydrogens is 591 g/mol. The van der Waals surface area contributed by atoms with Gasteiger partial charge in [0.2, 0.25) is 0 Å². The van der Waals surface area contributed by atoms with Crippen molar-refractivity contribution in [2.45, 2.75) is 25.4 Å². The molecule has 0 spiro atoms. The second-order valence-corrected chi connectivity index (χ2v) is 10.6. The molecule has 1 aliphatic rings. The van der Waals surface area contributed by atoms with Crippen LogP contribution in [0.25, 0.3) is 28.3 Å². The number of nitriles is 1. The number of phenols is 1. The molecule has 4 aromatic rings. The second kappa shape index (κ2) is 14.5. The molecule has 46 heavy (non-hydrogen) atoms. The number of hydrogen-bond acceptors (Lipinski definition) is 10. The molecule has 2 aromatic carbocycles. The lowest BCUT2D eigenvalue weighted by Crippen LogP contribution is -2.42. The Balaban J connectivity index is 1.36. The lowest BCUT2D eigenvalue weighted by molar-refractivity contribution is -0.124. The Kier molecular flexibility index (Phi) is 10.1. The summed E-state index contributed by atoms with van der Waals surface area (Å²) in [5.74, 6) is -0.387. The number of carbonyl (C=O) groups is 1. The van der Waals surface area contributed by atoms with Crippen molar-refractivity contribution in [1.82, 2.24) is 20.8 Å². The first kappa shape index (κ1) is 31.9. The van der Waals surface area contributed by atoms with Gasteiger partial charge in [0.25, 0.3) is 5.91 Å². The molecule has 3 heterocycles. The molecule has 236 valence electrons. The van der Waals surface area contributed by atoms with Gasteiger partial charge < -0.3 is 24.8 Å². The summed E-state index contributed by atoms with van der Waals surface area (Å²) < 4.78 is 26.4. The number of nitrogens with zero attached hydrogens (tertiary/aromatic N) is 4. The maximum Gasteiger partial charge on any atom is 0.267 e. The summed E-state index contributed by atoms with van der Waals surface area (Å²) in [6.07, 6.45) is 7.67. The van der Waals surface area contributed by atoms with E-state index in [0.29, 0.717) is 47.9 Å². The Hall–Kier alpha value is -5.51. The van der Waals surface area contributed by atoms with Gasteiger partial charge in [0, 0.05) is 72.5 Å². The fraction of sp³-hybridized carbons (Fsp3) is 0.235. The third kappa shape index (κ3) is 7.07. The molecule has 5 rings (SSSR count). The van der Waals surface area contributed by atoms with E-state index < -0.39 is 11.7 Å². The summed E-state index contributed by atoms with van der Waals surface area (Å²) in [5.41, 5.74) is 5.37. The fourth-order valence-electron chi connectivity index (χ4n) is 5.43. The van der Waals surface area contributed by atoms with Crippen LogP contribution in [-0.4, -0.2) is 59.5 Å². The number of piperidine rings is 1. The molecule has 0 atom stereocenters. The van der Waals surface area contributed by atoms with Crippen molar-refractivity contribution in [3.8, 4) is 45.6 Å². The van der Waals surface area contributed by atoms with Gasteiger partial charge >= 0.3 is 0 Å². The molecule has 1 fully saturated rings. The van der Waals surface area contributed by atoms with E-state index in [1.807, 2.05) is 30.3 Å². The topological polar surface area (TPSA) is 153 Å². The van der Waals surface area contributed by atoms with Crippen molar-refractivity contribution in [3.05, 3.63) is 89.6 Å². The van der Waals surface area contributed by atoms with E-state index >= 15 is 4.39 Å². The van der Waals surface area contributed by atoms with Crippen LogP contribution in [0.4, 0.5) is 10.2 Å². The van der Waals surface area contributed by atoms with Crippen LogP contribution in [0.15, 0.2) is 67.0 Å². The Morgan fingerprint density at radius 1 is 1.09 bits per heavy atom. The number of benzene rings is 2. The van der Waals surface area contributed by atoms with Crippen LogP contribution in [0.2, 0.25) is 0 Å². The summed E-state index contributed by atoms with van der Waals surface area (Å²) in [6, 6.07) is 15.8. The van der Waals surface area contributed by atoms with E-state index in [1.54, 1.807) is 29.9 Å². The van der Waals surface area contributed by atoms with E-state index in [1.165, 1.54) is 32.6 Å². The van der Waals surface area contributed by atoms with Crippen LogP contribution in [-0.2, 0) is 11.3 Å².